The maximum absolute atomic E-state index is 10.2. The van der Waals surface area contributed by atoms with E-state index in [1.54, 1.807) is 25.3 Å². The predicted molar refractivity (Wildman–Crippen MR) is 84.3 cm³/mol. The Hall–Kier alpha value is -0.340. The molecular formula is C11H20IN3OS. The van der Waals surface area contributed by atoms with Gasteiger partial charge in [-0.2, -0.15) is 11.3 Å². The van der Waals surface area contributed by atoms with Crippen LogP contribution in [0.2, 0.25) is 0 Å². The van der Waals surface area contributed by atoms with Crippen LogP contribution in [0.3, 0.4) is 0 Å². The van der Waals surface area contributed by atoms with E-state index in [4.69, 9.17) is 0 Å². The number of halogens is 1. The van der Waals surface area contributed by atoms with Crippen molar-refractivity contribution in [1.29, 1.82) is 0 Å². The predicted octanol–water partition coefficient (Wildman–Crippen LogP) is 1.76. The van der Waals surface area contributed by atoms with Crippen LogP contribution in [0.1, 0.15) is 19.4 Å². The smallest absolute Gasteiger partial charge is 0.191 e. The molecule has 0 bridgehead atoms. The van der Waals surface area contributed by atoms with Crippen LogP contribution in [-0.2, 0) is 5.60 Å². The van der Waals surface area contributed by atoms with Gasteiger partial charge in [0.25, 0.3) is 0 Å². The normalized spacial score (nSPS) is 14.7. The number of aliphatic hydroxyl groups is 1. The van der Waals surface area contributed by atoms with E-state index in [1.165, 1.54) is 0 Å². The van der Waals surface area contributed by atoms with Crippen molar-refractivity contribution in [3.8, 4) is 0 Å². The van der Waals surface area contributed by atoms with Gasteiger partial charge in [-0.3, -0.25) is 4.99 Å². The van der Waals surface area contributed by atoms with Gasteiger partial charge < -0.3 is 15.7 Å². The summed E-state index contributed by atoms with van der Waals surface area (Å²) in [4.78, 5) is 4.05. The number of nitrogens with one attached hydrogen (secondary N) is 2. The summed E-state index contributed by atoms with van der Waals surface area (Å²) >= 11 is 1.58. The van der Waals surface area contributed by atoms with Gasteiger partial charge in [0.15, 0.2) is 5.96 Å². The minimum Gasteiger partial charge on any atom is -0.384 e. The lowest BCUT2D eigenvalue weighted by Gasteiger charge is -2.24. The van der Waals surface area contributed by atoms with Crippen LogP contribution in [0.15, 0.2) is 21.8 Å². The first-order valence-electron chi connectivity index (χ1n) is 5.29. The summed E-state index contributed by atoms with van der Waals surface area (Å²) in [6.45, 7) is 5.04. The molecule has 1 heterocycles. The highest BCUT2D eigenvalue weighted by Crippen LogP contribution is 2.21. The molecule has 3 N–H and O–H groups in total. The number of aliphatic imine (C=N–C) groups is 1. The number of nitrogens with zero attached hydrogens (tertiary/aromatic N) is 1. The van der Waals surface area contributed by atoms with E-state index in [9.17, 15) is 5.11 Å². The van der Waals surface area contributed by atoms with Gasteiger partial charge in [-0.15, -0.1) is 24.0 Å². The Bertz CT molecular complexity index is 338. The van der Waals surface area contributed by atoms with Crippen molar-refractivity contribution in [3.63, 3.8) is 0 Å². The van der Waals surface area contributed by atoms with E-state index in [0.29, 0.717) is 12.5 Å². The zero-order valence-corrected chi connectivity index (χ0v) is 13.5. The maximum Gasteiger partial charge on any atom is 0.191 e. The highest BCUT2D eigenvalue weighted by atomic mass is 127. The molecule has 1 unspecified atom stereocenters. The number of rotatable bonds is 4. The van der Waals surface area contributed by atoms with Gasteiger partial charge in [0.05, 0.1) is 6.54 Å². The molecule has 0 radical (unpaired) electrons. The van der Waals surface area contributed by atoms with Crippen molar-refractivity contribution < 1.29 is 5.11 Å². The molecule has 17 heavy (non-hydrogen) atoms. The van der Waals surface area contributed by atoms with Crippen LogP contribution in [0.25, 0.3) is 0 Å². The Balaban J connectivity index is 0.00000256. The molecule has 0 amide bonds. The number of thiophene rings is 1. The van der Waals surface area contributed by atoms with Crippen molar-refractivity contribution in [3.05, 3.63) is 22.4 Å². The van der Waals surface area contributed by atoms with Crippen molar-refractivity contribution in [2.45, 2.75) is 19.4 Å². The van der Waals surface area contributed by atoms with Gasteiger partial charge in [-0.25, -0.2) is 0 Å². The highest BCUT2D eigenvalue weighted by Gasteiger charge is 2.23. The third-order valence-electron chi connectivity index (χ3n) is 2.31. The van der Waals surface area contributed by atoms with Gasteiger partial charge in [0, 0.05) is 13.6 Å². The summed E-state index contributed by atoms with van der Waals surface area (Å²) in [7, 11) is 1.71. The van der Waals surface area contributed by atoms with E-state index in [-0.39, 0.29) is 24.0 Å². The fourth-order valence-corrected chi connectivity index (χ4v) is 2.10. The molecule has 1 aromatic heterocycles. The molecule has 4 nitrogen and oxygen atoms in total. The molecule has 1 rings (SSSR count). The molecule has 0 aromatic carbocycles. The fourth-order valence-electron chi connectivity index (χ4n) is 1.32. The molecule has 0 aliphatic rings. The number of hydrogen-bond acceptors (Lipinski definition) is 3. The van der Waals surface area contributed by atoms with Crippen molar-refractivity contribution in [2.75, 3.05) is 20.1 Å². The van der Waals surface area contributed by atoms with Crippen molar-refractivity contribution in [1.82, 2.24) is 10.6 Å². The summed E-state index contributed by atoms with van der Waals surface area (Å²) in [6, 6.07) is 1.93. The van der Waals surface area contributed by atoms with E-state index in [1.807, 2.05) is 23.8 Å². The molecule has 0 saturated heterocycles. The van der Waals surface area contributed by atoms with Gasteiger partial charge in [-0.05, 0) is 36.2 Å². The van der Waals surface area contributed by atoms with Gasteiger partial charge in [0.1, 0.15) is 5.60 Å². The van der Waals surface area contributed by atoms with Crippen LogP contribution >= 0.6 is 35.3 Å². The standard InChI is InChI=1S/C11H19N3OS.HI/c1-4-13-10(12-3)14-8-11(2,15)9-5-6-16-7-9;/h5-7,15H,4,8H2,1-3H3,(H2,12,13,14);1H. The third kappa shape index (κ3) is 5.22. The third-order valence-corrected chi connectivity index (χ3v) is 2.99. The zero-order valence-electron chi connectivity index (χ0n) is 10.4. The van der Waals surface area contributed by atoms with E-state index >= 15 is 0 Å². The molecule has 0 saturated carbocycles. The first kappa shape index (κ1) is 16.7. The Kier molecular flexibility index (Phi) is 7.73. The molecule has 0 aliphatic heterocycles. The highest BCUT2D eigenvalue weighted by molar-refractivity contribution is 14.0. The second kappa shape index (κ2) is 7.88. The van der Waals surface area contributed by atoms with Crippen LogP contribution in [-0.4, -0.2) is 31.2 Å². The van der Waals surface area contributed by atoms with Crippen molar-refractivity contribution in [2.24, 2.45) is 4.99 Å². The Labute approximate surface area is 124 Å². The molecule has 98 valence electrons. The molecule has 6 heteroatoms. The average molecular weight is 369 g/mol. The lowest BCUT2D eigenvalue weighted by Crippen LogP contribution is -2.44. The first-order chi connectivity index (χ1) is 7.60. The Morgan fingerprint density at radius 1 is 1.53 bits per heavy atom. The summed E-state index contributed by atoms with van der Waals surface area (Å²) in [5.74, 6) is 0.706. The maximum atomic E-state index is 10.2. The van der Waals surface area contributed by atoms with Gasteiger partial charge in [-0.1, -0.05) is 0 Å². The van der Waals surface area contributed by atoms with E-state index in [0.717, 1.165) is 12.1 Å². The molecule has 1 atom stereocenters. The molecule has 0 aliphatic carbocycles. The quantitative estimate of drug-likeness (QED) is 0.431. The second-order valence-electron chi connectivity index (χ2n) is 3.74. The van der Waals surface area contributed by atoms with Crippen molar-refractivity contribution >= 4 is 41.3 Å². The zero-order chi connectivity index (χ0) is 12.0. The van der Waals surface area contributed by atoms with E-state index < -0.39 is 5.60 Å². The second-order valence-corrected chi connectivity index (χ2v) is 4.52. The monoisotopic (exact) mass is 369 g/mol. The molecule has 0 fully saturated rings. The minimum atomic E-state index is -0.870. The molecule has 0 spiro atoms. The SMILES string of the molecule is CCNC(=NC)NCC(C)(O)c1ccsc1.I. The topological polar surface area (TPSA) is 56.7 Å². The summed E-state index contributed by atoms with van der Waals surface area (Å²) in [6.07, 6.45) is 0. The lowest BCUT2D eigenvalue weighted by molar-refractivity contribution is 0.0621. The summed E-state index contributed by atoms with van der Waals surface area (Å²) in [5, 5.41) is 20.3. The summed E-state index contributed by atoms with van der Waals surface area (Å²) < 4.78 is 0. The first-order valence-corrected chi connectivity index (χ1v) is 6.24. The minimum absolute atomic E-state index is 0. The Morgan fingerprint density at radius 2 is 2.24 bits per heavy atom. The Morgan fingerprint density at radius 3 is 2.71 bits per heavy atom. The largest absolute Gasteiger partial charge is 0.384 e. The molecular weight excluding hydrogens is 349 g/mol. The van der Waals surface area contributed by atoms with Gasteiger partial charge >= 0.3 is 0 Å². The average Bonchev–Trinajstić information content (AvgIpc) is 2.78. The fraction of sp³-hybridized carbons (Fsp3) is 0.545. The van der Waals surface area contributed by atoms with E-state index in [2.05, 4.69) is 15.6 Å². The van der Waals surface area contributed by atoms with Crippen LogP contribution in [0.4, 0.5) is 0 Å². The number of hydrogen-bond donors (Lipinski definition) is 3. The van der Waals surface area contributed by atoms with Crippen LogP contribution in [0, 0.1) is 0 Å². The number of guanidine groups is 1. The van der Waals surface area contributed by atoms with Crippen LogP contribution in [0.5, 0.6) is 0 Å². The summed E-state index contributed by atoms with van der Waals surface area (Å²) in [5.41, 5.74) is 0.0581. The molecule has 1 aromatic rings. The van der Waals surface area contributed by atoms with Crippen LogP contribution < -0.4 is 10.6 Å². The lowest BCUT2D eigenvalue weighted by atomic mass is 9.99. The van der Waals surface area contributed by atoms with Gasteiger partial charge in [0.2, 0.25) is 0 Å².